The predicted molar refractivity (Wildman–Crippen MR) is 73.1 cm³/mol. The summed E-state index contributed by atoms with van der Waals surface area (Å²) in [5.41, 5.74) is 0. The quantitative estimate of drug-likeness (QED) is 0.922. The van der Waals surface area contributed by atoms with E-state index in [1.165, 1.54) is 11.3 Å². The van der Waals surface area contributed by atoms with Gasteiger partial charge in [0.15, 0.2) is 0 Å². The first-order chi connectivity index (χ1) is 8.83. The first-order valence-corrected chi connectivity index (χ1v) is 7.03. The van der Waals surface area contributed by atoms with E-state index in [0.29, 0.717) is 6.54 Å². The minimum Gasteiger partial charge on any atom is -0.376 e. The molecule has 1 aromatic heterocycles. The highest BCUT2D eigenvalue weighted by atomic mass is 32.1. The molecule has 1 unspecified atom stereocenters. The summed E-state index contributed by atoms with van der Waals surface area (Å²) in [6, 6.07) is 10.0. The standard InChI is InChI=1S/C14H15NO2S/c16-14(15-9-11-5-3-7-17-11)13-8-10-4-1-2-6-12(10)18-13/h1-2,4,6,8,11H,3,5,7,9H2,(H,15,16). The monoisotopic (exact) mass is 261 g/mol. The van der Waals surface area contributed by atoms with Gasteiger partial charge in [0.25, 0.3) is 5.91 Å². The Labute approximate surface area is 110 Å². The van der Waals surface area contributed by atoms with E-state index in [2.05, 4.69) is 5.32 Å². The average molecular weight is 261 g/mol. The molecule has 18 heavy (non-hydrogen) atoms. The number of rotatable bonds is 3. The van der Waals surface area contributed by atoms with Gasteiger partial charge in [-0.3, -0.25) is 4.79 Å². The maximum absolute atomic E-state index is 12.0. The number of nitrogens with one attached hydrogen (secondary N) is 1. The van der Waals surface area contributed by atoms with Crippen LogP contribution < -0.4 is 5.32 Å². The van der Waals surface area contributed by atoms with Gasteiger partial charge in [0.05, 0.1) is 11.0 Å². The molecule has 0 spiro atoms. The van der Waals surface area contributed by atoms with Crippen LogP contribution in [0.25, 0.3) is 10.1 Å². The van der Waals surface area contributed by atoms with Crippen LogP contribution in [0.3, 0.4) is 0 Å². The van der Waals surface area contributed by atoms with Gasteiger partial charge in [0.2, 0.25) is 0 Å². The number of carbonyl (C=O) groups is 1. The number of fused-ring (bicyclic) bond motifs is 1. The van der Waals surface area contributed by atoms with E-state index in [1.54, 1.807) is 0 Å². The molecule has 0 bridgehead atoms. The van der Waals surface area contributed by atoms with Crippen molar-refractivity contribution in [1.29, 1.82) is 0 Å². The van der Waals surface area contributed by atoms with Gasteiger partial charge in [-0.05, 0) is 30.4 Å². The van der Waals surface area contributed by atoms with Crippen molar-refractivity contribution in [3.8, 4) is 0 Å². The molecule has 1 aliphatic heterocycles. The van der Waals surface area contributed by atoms with Crippen molar-refractivity contribution in [2.24, 2.45) is 0 Å². The molecule has 94 valence electrons. The summed E-state index contributed by atoms with van der Waals surface area (Å²) < 4.78 is 6.64. The van der Waals surface area contributed by atoms with Crippen molar-refractivity contribution in [1.82, 2.24) is 5.32 Å². The molecule has 2 aromatic rings. The average Bonchev–Trinajstić information content (AvgIpc) is 3.04. The Kier molecular flexibility index (Phi) is 3.30. The fourth-order valence-corrected chi connectivity index (χ4v) is 3.17. The second-order valence-corrected chi connectivity index (χ2v) is 5.58. The molecule has 0 radical (unpaired) electrons. The molecule has 1 amide bonds. The molecule has 1 aliphatic rings. The Morgan fingerprint density at radius 1 is 1.44 bits per heavy atom. The Balaban J connectivity index is 1.67. The summed E-state index contributed by atoms with van der Waals surface area (Å²) in [4.78, 5) is 12.8. The zero-order valence-corrected chi connectivity index (χ0v) is 10.8. The normalized spacial score (nSPS) is 19.2. The molecule has 3 rings (SSSR count). The van der Waals surface area contributed by atoms with Crippen LogP contribution in [0.2, 0.25) is 0 Å². The molecule has 1 aromatic carbocycles. The molecule has 1 saturated heterocycles. The zero-order valence-electron chi connectivity index (χ0n) is 10.0. The smallest absolute Gasteiger partial charge is 0.261 e. The van der Waals surface area contributed by atoms with Crippen LogP contribution in [0.4, 0.5) is 0 Å². The third-order valence-electron chi connectivity index (χ3n) is 3.16. The molecule has 3 nitrogen and oxygen atoms in total. The lowest BCUT2D eigenvalue weighted by atomic mass is 10.2. The number of carbonyl (C=O) groups excluding carboxylic acids is 1. The van der Waals surface area contributed by atoms with Gasteiger partial charge in [0, 0.05) is 17.9 Å². The van der Waals surface area contributed by atoms with Gasteiger partial charge in [-0.2, -0.15) is 0 Å². The van der Waals surface area contributed by atoms with E-state index in [-0.39, 0.29) is 12.0 Å². The van der Waals surface area contributed by atoms with Crippen molar-refractivity contribution in [3.63, 3.8) is 0 Å². The Morgan fingerprint density at radius 3 is 3.11 bits per heavy atom. The van der Waals surface area contributed by atoms with Gasteiger partial charge >= 0.3 is 0 Å². The lowest BCUT2D eigenvalue weighted by Crippen LogP contribution is -2.31. The third kappa shape index (κ3) is 2.40. The van der Waals surface area contributed by atoms with Crippen molar-refractivity contribution in [2.45, 2.75) is 18.9 Å². The Hall–Kier alpha value is -1.39. The van der Waals surface area contributed by atoms with Gasteiger partial charge < -0.3 is 10.1 Å². The van der Waals surface area contributed by atoms with Gasteiger partial charge in [0.1, 0.15) is 0 Å². The van der Waals surface area contributed by atoms with Crippen molar-refractivity contribution in [2.75, 3.05) is 13.2 Å². The minimum atomic E-state index is 0.00620. The summed E-state index contributed by atoms with van der Waals surface area (Å²) in [6.07, 6.45) is 2.35. The highest BCUT2D eigenvalue weighted by Gasteiger charge is 2.17. The fraction of sp³-hybridized carbons (Fsp3) is 0.357. The summed E-state index contributed by atoms with van der Waals surface area (Å²) >= 11 is 1.54. The number of hydrogen-bond acceptors (Lipinski definition) is 3. The van der Waals surface area contributed by atoms with Crippen molar-refractivity contribution >= 4 is 27.3 Å². The molecular weight excluding hydrogens is 246 g/mol. The number of ether oxygens (including phenoxy) is 1. The van der Waals surface area contributed by atoms with Crippen LogP contribution in [0.1, 0.15) is 22.5 Å². The highest BCUT2D eigenvalue weighted by Crippen LogP contribution is 2.25. The molecular formula is C14H15NO2S. The van der Waals surface area contributed by atoms with E-state index in [1.807, 2.05) is 30.3 Å². The minimum absolute atomic E-state index is 0.00620. The fourth-order valence-electron chi connectivity index (χ4n) is 2.19. The molecule has 1 N–H and O–H groups in total. The molecule has 4 heteroatoms. The second kappa shape index (κ2) is 5.08. The van der Waals surface area contributed by atoms with Gasteiger partial charge in [-0.1, -0.05) is 18.2 Å². The van der Waals surface area contributed by atoms with E-state index in [9.17, 15) is 4.79 Å². The zero-order chi connectivity index (χ0) is 12.4. The van der Waals surface area contributed by atoms with Gasteiger partial charge in [-0.15, -0.1) is 11.3 Å². The molecule has 1 fully saturated rings. The SMILES string of the molecule is O=C(NCC1CCCO1)c1cc2ccccc2s1. The lowest BCUT2D eigenvalue weighted by molar-refractivity contribution is 0.0861. The topological polar surface area (TPSA) is 38.3 Å². The first-order valence-electron chi connectivity index (χ1n) is 6.21. The number of amides is 1. The maximum atomic E-state index is 12.0. The van der Waals surface area contributed by atoms with E-state index in [0.717, 1.165) is 34.4 Å². The summed E-state index contributed by atoms with van der Waals surface area (Å²) in [6.45, 7) is 1.44. The summed E-state index contributed by atoms with van der Waals surface area (Å²) in [7, 11) is 0. The van der Waals surface area contributed by atoms with Crippen LogP contribution in [-0.4, -0.2) is 25.2 Å². The maximum Gasteiger partial charge on any atom is 0.261 e. The van der Waals surface area contributed by atoms with E-state index in [4.69, 9.17) is 4.74 Å². The molecule has 0 aliphatic carbocycles. The second-order valence-electron chi connectivity index (χ2n) is 4.49. The van der Waals surface area contributed by atoms with Crippen molar-refractivity contribution in [3.05, 3.63) is 35.2 Å². The van der Waals surface area contributed by atoms with Crippen LogP contribution >= 0.6 is 11.3 Å². The van der Waals surface area contributed by atoms with Gasteiger partial charge in [-0.25, -0.2) is 0 Å². The van der Waals surface area contributed by atoms with Crippen LogP contribution in [0, 0.1) is 0 Å². The van der Waals surface area contributed by atoms with Crippen LogP contribution in [0.5, 0.6) is 0 Å². The van der Waals surface area contributed by atoms with E-state index < -0.39 is 0 Å². The van der Waals surface area contributed by atoms with E-state index >= 15 is 0 Å². The Bertz CT molecular complexity index is 525. The predicted octanol–water partition coefficient (Wildman–Crippen LogP) is 2.81. The third-order valence-corrected chi connectivity index (χ3v) is 4.28. The molecule has 0 saturated carbocycles. The van der Waals surface area contributed by atoms with Crippen LogP contribution in [0.15, 0.2) is 30.3 Å². The molecule has 2 heterocycles. The Morgan fingerprint density at radius 2 is 2.33 bits per heavy atom. The number of benzene rings is 1. The highest BCUT2D eigenvalue weighted by molar-refractivity contribution is 7.20. The largest absolute Gasteiger partial charge is 0.376 e. The summed E-state index contributed by atoms with van der Waals surface area (Å²) in [5.74, 6) is 0.00620. The first kappa shape index (κ1) is 11.7. The number of hydrogen-bond donors (Lipinski definition) is 1. The summed E-state index contributed by atoms with van der Waals surface area (Å²) in [5, 5.41) is 4.08. The van der Waals surface area contributed by atoms with Crippen molar-refractivity contribution < 1.29 is 9.53 Å². The van der Waals surface area contributed by atoms with Crippen LogP contribution in [-0.2, 0) is 4.74 Å². The number of thiophene rings is 1. The molecule has 1 atom stereocenters. The lowest BCUT2D eigenvalue weighted by Gasteiger charge is -2.09.